The minimum atomic E-state index is 0.0894. The molecule has 0 bridgehead atoms. The van der Waals surface area contributed by atoms with Crippen LogP contribution in [0.5, 0.6) is 0 Å². The Morgan fingerprint density at radius 2 is 2.40 bits per heavy atom. The third-order valence-corrected chi connectivity index (χ3v) is 5.21. The van der Waals surface area contributed by atoms with Crippen LogP contribution in [0.4, 0.5) is 0 Å². The summed E-state index contributed by atoms with van der Waals surface area (Å²) in [6.07, 6.45) is 5.61. The highest BCUT2D eigenvalue weighted by atomic mass is 32.1. The van der Waals surface area contributed by atoms with E-state index < -0.39 is 0 Å². The van der Waals surface area contributed by atoms with Gasteiger partial charge in [0.2, 0.25) is 5.91 Å². The summed E-state index contributed by atoms with van der Waals surface area (Å²) in [6, 6.07) is 4.42. The lowest BCUT2D eigenvalue weighted by Crippen LogP contribution is -2.28. The van der Waals surface area contributed by atoms with Crippen LogP contribution in [0.15, 0.2) is 29.0 Å². The van der Waals surface area contributed by atoms with Gasteiger partial charge in [-0.25, -0.2) is 4.98 Å². The molecule has 0 radical (unpaired) electrons. The topological polar surface area (TPSA) is 33.2 Å². The molecule has 1 aliphatic heterocycles. The van der Waals surface area contributed by atoms with Gasteiger partial charge >= 0.3 is 0 Å². The Hall–Kier alpha value is -1.46. The maximum atomic E-state index is 12.4. The van der Waals surface area contributed by atoms with Crippen molar-refractivity contribution in [3.8, 4) is 0 Å². The van der Waals surface area contributed by atoms with Gasteiger partial charge < -0.3 is 4.90 Å². The van der Waals surface area contributed by atoms with Gasteiger partial charge in [0.05, 0.1) is 16.7 Å². The highest BCUT2D eigenvalue weighted by Crippen LogP contribution is 2.34. The highest BCUT2D eigenvalue weighted by molar-refractivity contribution is 7.10. The summed E-state index contributed by atoms with van der Waals surface area (Å²) < 4.78 is 0. The van der Waals surface area contributed by atoms with Crippen molar-refractivity contribution in [3.63, 3.8) is 0 Å². The lowest BCUT2D eigenvalue weighted by molar-refractivity contribution is -0.126. The van der Waals surface area contributed by atoms with E-state index in [0.29, 0.717) is 0 Å². The maximum absolute atomic E-state index is 12.4. The van der Waals surface area contributed by atoms with E-state index >= 15 is 0 Å². The van der Waals surface area contributed by atoms with E-state index in [1.54, 1.807) is 28.7 Å². The Bertz CT molecular complexity index is 616. The summed E-state index contributed by atoms with van der Waals surface area (Å²) in [6.45, 7) is 2.82. The first-order valence-corrected chi connectivity index (χ1v) is 8.44. The Balaban J connectivity index is 1.71. The molecule has 2 aromatic heterocycles. The third-order valence-electron chi connectivity index (χ3n) is 3.44. The summed E-state index contributed by atoms with van der Waals surface area (Å²) in [5.74, 6) is 0.0894. The molecule has 1 amide bonds. The van der Waals surface area contributed by atoms with Gasteiger partial charge in [-0.15, -0.1) is 22.7 Å². The first-order chi connectivity index (χ1) is 9.74. The number of aryl methyl sites for hydroxylation is 1. The van der Waals surface area contributed by atoms with Crippen LogP contribution >= 0.6 is 22.7 Å². The Morgan fingerprint density at radius 3 is 3.10 bits per heavy atom. The zero-order chi connectivity index (χ0) is 13.9. The van der Waals surface area contributed by atoms with Gasteiger partial charge in [0.15, 0.2) is 0 Å². The van der Waals surface area contributed by atoms with Crippen molar-refractivity contribution in [2.45, 2.75) is 25.8 Å². The van der Waals surface area contributed by atoms with E-state index in [4.69, 9.17) is 0 Å². The zero-order valence-corrected chi connectivity index (χ0v) is 12.9. The lowest BCUT2D eigenvalue weighted by atomic mass is 10.2. The molecule has 1 atom stereocenters. The third kappa shape index (κ3) is 2.83. The minimum absolute atomic E-state index is 0.0894. The number of thiazole rings is 1. The molecule has 0 aromatic carbocycles. The zero-order valence-electron chi connectivity index (χ0n) is 11.3. The number of rotatable bonds is 3. The molecule has 0 aliphatic carbocycles. The van der Waals surface area contributed by atoms with Gasteiger partial charge in [-0.05, 0) is 37.3 Å². The quantitative estimate of drug-likeness (QED) is 0.806. The Kier molecular flexibility index (Phi) is 3.98. The second-order valence-electron chi connectivity index (χ2n) is 4.83. The van der Waals surface area contributed by atoms with Crippen molar-refractivity contribution < 1.29 is 4.79 Å². The van der Waals surface area contributed by atoms with Crippen molar-refractivity contribution in [2.24, 2.45) is 0 Å². The largest absolute Gasteiger partial charge is 0.331 e. The first kappa shape index (κ1) is 13.5. The molecule has 0 saturated carbocycles. The second kappa shape index (κ2) is 5.89. The second-order valence-corrected chi connectivity index (χ2v) is 6.87. The molecule has 2 aromatic rings. The van der Waals surface area contributed by atoms with Gasteiger partial charge in [-0.3, -0.25) is 4.79 Å². The van der Waals surface area contributed by atoms with Crippen LogP contribution in [0.1, 0.15) is 34.5 Å². The Morgan fingerprint density at radius 1 is 1.50 bits per heavy atom. The minimum Gasteiger partial charge on any atom is -0.331 e. The summed E-state index contributed by atoms with van der Waals surface area (Å²) in [4.78, 5) is 20.0. The van der Waals surface area contributed by atoms with E-state index in [9.17, 15) is 4.79 Å². The number of amides is 1. The molecular formula is C15H16N2OS2. The number of hydrogen-bond acceptors (Lipinski definition) is 4. The number of thiophene rings is 1. The molecule has 3 heterocycles. The van der Waals surface area contributed by atoms with E-state index in [1.165, 1.54) is 4.88 Å². The van der Waals surface area contributed by atoms with E-state index in [0.717, 1.165) is 30.1 Å². The average Bonchev–Trinajstić information content (AvgIpc) is 3.16. The highest BCUT2D eigenvalue weighted by Gasteiger charge is 2.29. The molecule has 0 spiro atoms. The normalized spacial score (nSPS) is 19.1. The van der Waals surface area contributed by atoms with Crippen LogP contribution in [0.25, 0.3) is 6.08 Å². The van der Waals surface area contributed by atoms with Crippen molar-refractivity contribution in [1.82, 2.24) is 9.88 Å². The SMILES string of the molecule is Cc1nc(/C=C/C(=O)N2CCCC2c2cccs2)cs1. The van der Waals surface area contributed by atoms with Crippen LogP contribution < -0.4 is 0 Å². The number of likely N-dealkylation sites (tertiary alicyclic amines) is 1. The molecule has 104 valence electrons. The van der Waals surface area contributed by atoms with Crippen molar-refractivity contribution in [3.05, 3.63) is 44.5 Å². The molecule has 1 aliphatic rings. The van der Waals surface area contributed by atoms with Gasteiger partial charge in [0.25, 0.3) is 0 Å². The van der Waals surface area contributed by atoms with Gasteiger partial charge in [-0.1, -0.05) is 6.07 Å². The van der Waals surface area contributed by atoms with Crippen LogP contribution in [-0.2, 0) is 4.79 Å². The van der Waals surface area contributed by atoms with Crippen LogP contribution in [-0.4, -0.2) is 22.3 Å². The fraction of sp³-hybridized carbons (Fsp3) is 0.333. The molecule has 5 heteroatoms. The molecular weight excluding hydrogens is 288 g/mol. The number of carbonyl (C=O) groups excluding carboxylic acids is 1. The van der Waals surface area contributed by atoms with Crippen molar-refractivity contribution >= 4 is 34.7 Å². The fourth-order valence-corrected chi connectivity index (χ4v) is 3.97. The summed E-state index contributed by atoms with van der Waals surface area (Å²) in [5, 5.41) is 5.07. The molecule has 0 N–H and O–H groups in total. The Labute approximate surface area is 126 Å². The van der Waals surface area contributed by atoms with E-state index in [-0.39, 0.29) is 11.9 Å². The number of aromatic nitrogens is 1. The summed E-state index contributed by atoms with van der Waals surface area (Å²) in [5.41, 5.74) is 0.868. The molecule has 3 rings (SSSR count). The summed E-state index contributed by atoms with van der Waals surface area (Å²) in [7, 11) is 0. The number of hydrogen-bond donors (Lipinski definition) is 0. The average molecular weight is 304 g/mol. The molecule has 20 heavy (non-hydrogen) atoms. The number of nitrogens with zero attached hydrogens (tertiary/aromatic N) is 2. The van der Waals surface area contributed by atoms with Crippen molar-refractivity contribution in [1.29, 1.82) is 0 Å². The molecule has 3 nitrogen and oxygen atoms in total. The first-order valence-electron chi connectivity index (χ1n) is 6.68. The van der Waals surface area contributed by atoms with Crippen LogP contribution in [0.3, 0.4) is 0 Å². The fourth-order valence-electron chi connectivity index (χ4n) is 2.52. The summed E-state index contributed by atoms with van der Waals surface area (Å²) >= 11 is 3.33. The molecule has 1 unspecified atom stereocenters. The van der Waals surface area contributed by atoms with Crippen LogP contribution in [0.2, 0.25) is 0 Å². The standard InChI is InChI=1S/C15H16N2OS2/c1-11-16-12(10-20-11)6-7-15(18)17-8-2-4-13(17)14-5-3-9-19-14/h3,5-7,9-10,13H,2,4,8H2,1H3/b7-6+. The maximum Gasteiger partial charge on any atom is 0.247 e. The lowest BCUT2D eigenvalue weighted by Gasteiger charge is -2.22. The number of carbonyl (C=O) groups is 1. The predicted octanol–water partition coefficient (Wildman–Crippen LogP) is 3.89. The smallest absolute Gasteiger partial charge is 0.247 e. The van der Waals surface area contributed by atoms with Gasteiger partial charge in [0, 0.05) is 22.9 Å². The monoisotopic (exact) mass is 304 g/mol. The van der Waals surface area contributed by atoms with Crippen molar-refractivity contribution in [2.75, 3.05) is 6.54 Å². The van der Waals surface area contributed by atoms with Gasteiger partial charge in [0.1, 0.15) is 0 Å². The van der Waals surface area contributed by atoms with E-state index in [2.05, 4.69) is 22.5 Å². The molecule has 1 fully saturated rings. The van der Waals surface area contributed by atoms with Gasteiger partial charge in [-0.2, -0.15) is 0 Å². The predicted molar refractivity (Wildman–Crippen MR) is 83.9 cm³/mol. The molecule has 1 saturated heterocycles. The van der Waals surface area contributed by atoms with Crippen LogP contribution in [0, 0.1) is 6.92 Å². The van der Waals surface area contributed by atoms with E-state index in [1.807, 2.05) is 23.3 Å².